The molecule has 0 spiro atoms. The second-order valence-corrected chi connectivity index (χ2v) is 2.32. The first kappa shape index (κ1) is 7.77. The molecule has 0 radical (unpaired) electrons. The van der Waals surface area contributed by atoms with Gasteiger partial charge in [-0.1, -0.05) is 0 Å². The normalized spacial score (nSPS) is 8.30. The molecular weight excluding hydrogens is 138 g/mol. The summed E-state index contributed by atoms with van der Waals surface area (Å²) in [7, 11) is 0. The average Bonchev–Trinajstić information content (AvgIpc) is 1.95. The summed E-state index contributed by atoms with van der Waals surface area (Å²) in [6, 6.07) is 7.47. The Morgan fingerprint density at radius 3 is 2.30 bits per heavy atom. The third kappa shape index (κ3) is 2.12. The van der Waals surface area contributed by atoms with Crippen molar-refractivity contribution in [1.29, 1.82) is 0 Å². The molecule has 0 aromatic heterocycles. The maximum absolute atomic E-state index is 5.66. The van der Waals surface area contributed by atoms with E-state index in [4.69, 9.17) is 11.6 Å². The molecular formula is C8H4ClLi. The van der Waals surface area contributed by atoms with Crippen molar-refractivity contribution in [3.05, 3.63) is 34.9 Å². The molecule has 44 valence electrons. The van der Waals surface area contributed by atoms with Crippen molar-refractivity contribution in [3.8, 4) is 10.5 Å². The molecule has 0 amide bonds. The molecule has 0 aliphatic heterocycles. The van der Waals surface area contributed by atoms with Gasteiger partial charge >= 0.3 is 74.7 Å². The molecule has 0 bridgehead atoms. The molecule has 0 fully saturated rings. The second-order valence-electron chi connectivity index (χ2n) is 1.88. The van der Waals surface area contributed by atoms with Crippen LogP contribution < -0.4 is 0 Å². The molecule has 1 aromatic rings. The first-order chi connectivity index (χ1) is 4.83. The van der Waals surface area contributed by atoms with Gasteiger partial charge in [0, 0.05) is 0 Å². The summed E-state index contributed by atoms with van der Waals surface area (Å²) in [6.07, 6.45) is 0. The quantitative estimate of drug-likeness (QED) is 0.383. The predicted octanol–water partition coefficient (Wildman–Crippen LogP) is 1.82. The van der Waals surface area contributed by atoms with Crippen LogP contribution in [0.15, 0.2) is 24.3 Å². The Morgan fingerprint density at radius 2 is 1.80 bits per heavy atom. The molecule has 1 aromatic carbocycles. The first-order valence-corrected chi connectivity index (χ1v) is 3.39. The van der Waals surface area contributed by atoms with Crippen molar-refractivity contribution < 1.29 is 0 Å². The van der Waals surface area contributed by atoms with E-state index in [0.717, 1.165) is 10.6 Å². The number of halogens is 1. The Balaban J connectivity index is 2.97. The molecule has 0 aliphatic carbocycles. The van der Waals surface area contributed by atoms with Crippen LogP contribution in [0, 0.1) is 10.5 Å². The van der Waals surface area contributed by atoms with Crippen molar-refractivity contribution >= 4 is 29.3 Å². The summed E-state index contributed by atoms with van der Waals surface area (Å²) >= 11 is 7.48. The predicted molar refractivity (Wildman–Crippen MR) is 44.1 cm³/mol. The summed E-state index contributed by atoms with van der Waals surface area (Å²) in [5, 5.41) is 0.752. The van der Waals surface area contributed by atoms with E-state index in [0.29, 0.717) is 0 Å². The third-order valence-electron chi connectivity index (χ3n) is 1.11. The summed E-state index contributed by atoms with van der Waals surface area (Å²) in [4.78, 5) is 0. The van der Waals surface area contributed by atoms with Crippen LogP contribution in [0.25, 0.3) is 0 Å². The van der Waals surface area contributed by atoms with E-state index in [1.165, 1.54) is 0 Å². The summed E-state index contributed by atoms with van der Waals surface area (Å²) < 4.78 is 2.81. The van der Waals surface area contributed by atoms with Crippen LogP contribution in [0.1, 0.15) is 5.56 Å². The van der Waals surface area contributed by atoms with E-state index in [1.54, 1.807) is 0 Å². The van der Waals surface area contributed by atoms with Gasteiger partial charge < -0.3 is 0 Å². The van der Waals surface area contributed by atoms with Crippen LogP contribution >= 0.6 is 11.6 Å². The Bertz CT molecular complexity index is 266. The number of benzene rings is 1. The average molecular weight is 143 g/mol. The van der Waals surface area contributed by atoms with Crippen molar-refractivity contribution in [2.75, 3.05) is 0 Å². The van der Waals surface area contributed by atoms with Crippen LogP contribution in [0.3, 0.4) is 0 Å². The molecule has 2 heteroatoms. The molecule has 0 saturated carbocycles. The minimum absolute atomic E-state index is 0.752. The van der Waals surface area contributed by atoms with E-state index in [1.807, 2.05) is 42.0 Å². The first-order valence-electron chi connectivity index (χ1n) is 3.01. The van der Waals surface area contributed by atoms with Crippen molar-refractivity contribution in [1.82, 2.24) is 0 Å². The van der Waals surface area contributed by atoms with Gasteiger partial charge in [0.05, 0.1) is 0 Å². The molecule has 0 nitrogen and oxygen atoms in total. The van der Waals surface area contributed by atoms with Gasteiger partial charge in [0.2, 0.25) is 0 Å². The third-order valence-corrected chi connectivity index (χ3v) is 1.37. The zero-order valence-electron chi connectivity index (χ0n) is 5.69. The zero-order valence-corrected chi connectivity index (χ0v) is 6.44. The topological polar surface area (TPSA) is 0 Å². The SMILES string of the molecule is [Li][C]#Cc1ccc(Cl)cc1. The minimum atomic E-state index is 0.752. The molecule has 0 heterocycles. The van der Waals surface area contributed by atoms with Crippen LogP contribution in [0.2, 0.25) is 5.02 Å². The summed E-state index contributed by atoms with van der Waals surface area (Å²) in [5.41, 5.74) is 1.01. The van der Waals surface area contributed by atoms with E-state index >= 15 is 0 Å². The Kier molecular flexibility index (Phi) is 2.91. The molecule has 10 heavy (non-hydrogen) atoms. The molecule has 0 aliphatic rings. The molecule has 0 atom stereocenters. The maximum atomic E-state index is 5.66. The van der Waals surface area contributed by atoms with Gasteiger partial charge in [-0.15, -0.1) is 0 Å². The Morgan fingerprint density at radius 1 is 1.20 bits per heavy atom. The van der Waals surface area contributed by atoms with Crippen LogP contribution in [0.4, 0.5) is 0 Å². The van der Waals surface area contributed by atoms with Crippen LogP contribution in [0.5, 0.6) is 0 Å². The monoisotopic (exact) mass is 142 g/mol. The van der Waals surface area contributed by atoms with Gasteiger partial charge in [-0.2, -0.15) is 0 Å². The fourth-order valence-electron chi connectivity index (χ4n) is 0.678. The number of hydrogen-bond donors (Lipinski definition) is 0. The number of rotatable bonds is 0. The zero-order chi connectivity index (χ0) is 7.40. The van der Waals surface area contributed by atoms with Crippen molar-refractivity contribution in [3.63, 3.8) is 0 Å². The van der Waals surface area contributed by atoms with E-state index in [-0.39, 0.29) is 0 Å². The van der Waals surface area contributed by atoms with Crippen LogP contribution in [-0.2, 0) is 0 Å². The molecule has 0 N–H and O–H groups in total. The number of hydrogen-bond acceptors (Lipinski definition) is 0. The van der Waals surface area contributed by atoms with Crippen molar-refractivity contribution in [2.24, 2.45) is 0 Å². The standard InChI is InChI=1S/C8H4Cl.Li/c1-2-7-3-5-8(9)6-4-7;/h3-6H;. The fourth-order valence-corrected chi connectivity index (χ4v) is 0.804. The summed E-state index contributed by atoms with van der Waals surface area (Å²) in [6.45, 7) is 0. The van der Waals surface area contributed by atoms with E-state index < -0.39 is 0 Å². The Hall–Kier alpha value is -0.333. The van der Waals surface area contributed by atoms with Crippen molar-refractivity contribution in [2.45, 2.75) is 0 Å². The van der Waals surface area contributed by atoms with E-state index in [2.05, 4.69) is 10.5 Å². The van der Waals surface area contributed by atoms with Gasteiger partial charge in [0.1, 0.15) is 0 Å². The van der Waals surface area contributed by atoms with Gasteiger partial charge in [-0.05, 0) is 0 Å². The van der Waals surface area contributed by atoms with Crippen LogP contribution in [-0.4, -0.2) is 17.7 Å². The Labute approximate surface area is 74.8 Å². The fraction of sp³-hybridized carbons (Fsp3) is 0. The van der Waals surface area contributed by atoms with Gasteiger partial charge in [-0.3, -0.25) is 0 Å². The van der Waals surface area contributed by atoms with E-state index in [9.17, 15) is 0 Å². The summed E-state index contributed by atoms with van der Waals surface area (Å²) in [5.74, 6) is 2.93. The molecule has 1 rings (SSSR count). The molecule has 0 saturated heterocycles. The van der Waals surface area contributed by atoms with Gasteiger partial charge in [0.25, 0.3) is 0 Å². The van der Waals surface area contributed by atoms with Gasteiger partial charge in [0.15, 0.2) is 0 Å². The molecule has 0 unspecified atom stereocenters. The van der Waals surface area contributed by atoms with Gasteiger partial charge in [-0.25, -0.2) is 0 Å². The second kappa shape index (κ2) is 3.74.